The summed E-state index contributed by atoms with van der Waals surface area (Å²) in [6, 6.07) is 0.617. The third-order valence-corrected chi connectivity index (χ3v) is 3.96. The van der Waals surface area contributed by atoms with Crippen LogP contribution in [0.15, 0.2) is 12.3 Å². The second kappa shape index (κ2) is 5.16. The number of hydrogen-bond donors (Lipinski definition) is 1. The molecule has 1 atom stereocenters. The molecule has 116 valence electrons. The van der Waals surface area contributed by atoms with E-state index in [1.807, 2.05) is 13.8 Å². The van der Waals surface area contributed by atoms with E-state index in [4.69, 9.17) is 0 Å². The minimum absolute atomic E-state index is 0.0975. The molecule has 0 bridgehead atoms. The number of nitrogens with zero attached hydrogens (tertiary/aromatic N) is 2. The average Bonchev–Trinajstić information content (AvgIpc) is 2.67. The number of pyridine rings is 1. The topological polar surface area (TPSA) is 68.1 Å². The Morgan fingerprint density at radius 2 is 2.14 bits per heavy atom. The smallest absolute Gasteiger partial charge is 0.376 e. The van der Waals surface area contributed by atoms with E-state index in [2.05, 4.69) is 10.3 Å². The van der Waals surface area contributed by atoms with Crippen molar-refractivity contribution in [2.75, 3.05) is 5.32 Å². The molecular formula is C13H16F3N3O2. The maximum atomic E-state index is 12.7. The van der Waals surface area contributed by atoms with Crippen molar-refractivity contribution in [3.05, 3.63) is 28.1 Å². The Labute approximate surface area is 119 Å². The molecule has 0 saturated heterocycles. The van der Waals surface area contributed by atoms with Gasteiger partial charge in [0, 0.05) is 6.04 Å². The Morgan fingerprint density at radius 1 is 1.48 bits per heavy atom. The molecule has 1 N–H and O–H groups in total. The molecule has 0 spiro atoms. The van der Waals surface area contributed by atoms with Crippen LogP contribution in [0.4, 0.5) is 24.5 Å². The summed E-state index contributed by atoms with van der Waals surface area (Å²) in [5.41, 5.74) is -1.81. The summed E-state index contributed by atoms with van der Waals surface area (Å²) in [5.74, 6) is 0. The molecule has 0 amide bonds. The molecule has 1 aromatic rings. The van der Waals surface area contributed by atoms with Gasteiger partial charge in [-0.15, -0.1) is 0 Å². The van der Waals surface area contributed by atoms with E-state index in [0.717, 1.165) is 19.3 Å². The van der Waals surface area contributed by atoms with Gasteiger partial charge in [0.2, 0.25) is 0 Å². The zero-order chi connectivity index (χ0) is 15.8. The fraction of sp³-hybridized carbons (Fsp3) is 0.615. The lowest BCUT2D eigenvalue weighted by Crippen LogP contribution is -2.31. The molecule has 2 rings (SSSR count). The first-order chi connectivity index (χ1) is 9.61. The Bertz CT molecular complexity index is 558. The van der Waals surface area contributed by atoms with Gasteiger partial charge in [-0.3, -0.25) is 10.1 Å². The molecule has 1 saturated carbocycles. The SMILES string of the molecule is CC1(C)CCCC1Nc1cc(C(F)(F)F)ncc1[N+](=O)[O-]. The standard InChI is InChI=1S/C13H16F3N3O2/c1-12(2)5-3-4-10(12)18-8-6-11(13(14,15)16)17-7-9(8)19(20)21/h6-7,10H,3-5H2,1-2H3,(H,17,18). The summed E-state index contributed by atoms with van der Waals surface area (Å²) in [4.78, 5) is 13.4. The highest BCUT2D eigenvalue weighted by atomic mass is 19.4. The first-order valence-corrected chi connectivity index (χ1v) is 6.59. The zero-order valence-corrected chi connectivity index (χ0v) is 11.7. The van der Waals surface area contributed by atoms with Gasteiger partial charge in [0.1, 0.15) is 17.6 Å². The van der Waals surface area contributed by atoms with E-state index in [9.17, 15) is 23.3 Å². The van der Waals surface area contributed by atoms with Crippen molar-refractivity contribution in [3.63, 3.8) is 0 Å². The van der Waals surface area contributed by atoms with E-state index in [1.54, 1.807) is 0 Å². The molecule has 5 nitrogen and oxygen atoms in total. The molecule has 21 heavy (non-hydrogen) atoms. The zero-order valence-electron chi connectivity index (χ0n) is 11.7. The lowest BCUT2D eigenvalue weighted by atomic mass is 9.87. The van der Waals surface area contributed by atoms with E-state index < -0.39 is 22.5 Å². The van der Waals surface area contributed by atoms with Gasteiger partial charge in [-0.05, 0) is 24.3 Å². The number of nitrogens with one attached hydrogen (secondary N) is 1. The molecule has 1 heterocycles. The predicted molar refractivity (Wildman–Crippen MR) is 70.9 cm³/mol. The van der Waals surface area contributed by atoms with Crippen LogP contribution in [0.2, 0.25) is 0 Å². The third kappa shape index (κ3) is 3.25. The average molecular weight is 303 g/mol. The summed E-state index contributed by atoms with van der Waals surface area (Å²) < 4.78 is 38.1. The van der Waals surface area contributed by atoms with Gasteiger partial charge < -0.3 is 5.32 Å². The Morgan fingerprint density at radius 3 is 2.62 bits per heavy atom. The summed E-state index contributed by atoms with van der Waals surface area (Å²) >= 11 is 0. The quantitative estimate of drug-likeness (QED) is 0.677. The van der Waals surface area contributed by atoms with Crippen LogP contribution < -0.4 is 5.32 Å². The Kier molecular flexibility index (Phi) is 3.81. The van der Waals surface area contributed by atoms with Gasteiger partial charge in [0.15, 0.2) is 0 Å². The molecular weight excluding hydrogens is 287 g/mol. The fourth-order valence-corrected chi connectivity index (χ4v) is 2.65. The first kappa shape index (κ1) is 15.5. The van der Waals surface area contributed by atoms with Crippen LogP contribution >= 0.6 is 0 Å². The summed E-state index contributed by atoms with van der Waals surface area (Å²) in [7, 11) is 0. The van der Waals surface area contributed by atoms with Gasteiger partial charge in [0.25, 0.3) is 0 Å². The molecule has 1 aliphatic carbocycles. The molecule has 1 fully saturated rings. The van der Waals surface area contributed by atoms with Crippen molar-refractivity contribution in [2.24, 2.45) is 5.41 Å². The van der Waals surface area contributed by atoms with Crippen molar-refractivity contribution < 1.29 is 18.1 Å². The van der Waals surface area contributed by atoms with Gasteiger partial charge in [0.05, 0.1) is 4.92 Å². The van der Waals surface area contributed by atoms with Gasteiger partial charge >= 0.3 is 11.9 Å². The van der Waals surface area contributed by atoms with Crippen LogP contribution in [-0.4, -0.2) is 15.9 Å². The van der Waals surface area contributed by atoms with Gasteiger partial charge in [-0.25, -0.2) is 4.98 Å². The number of alkyl halides is 3. The number of nitro groups is 1. The highest BCUT2D eigenvalue weighted by molar-refractivity contribution is 5.61. The molecule has 0 aromatic carbocycles. The second-order valence-electron chi connectivity index (χ2n) is 5.92. The monoisotopic (exact) mass is 303 g/mol. The van der Waals surface area contributed by atoms with Crippen molar-refractivity contribution in [2.45, 2.75) is 45.3 Å². The molecule has 1 unspecified atom stereocenters. The molecule has 0 radical (unpaired) electrons. The maximum Gasteiger partial charge on any atom is 0.433 e. The molecule has 1 aromatic heterocycles. The van der Waals surface area contributed by atoms with E-state index in [0.29, 0.717) is 12.3 Å². The van der Waals surface area contributed by atoms with E-state index in [1.165, 1.54) is 0 Å². The van der Waals surface area contributed by atoms with Crippen LogP contribution in [0.25, 0.3) is 0 Å². The number of halogens is 3. The molecule has 1 aliphatic rings. The molecule has 0 aliphatic heterocycles. The van der Waals surface area contributed by atoms with Crippen molar-refractivity contribution in [3.8, 4) is 0 Å². The number of rotatable bonds is 3. The van der Waals surface area contributed by atoms with E-state index in [-0.39, 0.29) is 17.1 Å². The van der Waals surface area contributed by atoms with Crippen molar-refractivity contribution in [1.29, 1.82) is 0 Å². The van der Waals surface area contributed by atoms with Crippen molar-refractivity contribution >= 4 is 11.4 Å². The summed E-state index contributed by atoms with van der Waals surface area (Å²) in [6.07, 6.45) is -1.33. The number of anilines is 1. The van der Waals surface area contributed by atoms with Gasteiger partial charge in [-0.1, -0.05) is 20.3 Å². The predicted octanol–water partition coefficient (Wildman–Crippen LogP) is 4.00. The lowest BCUT2D eigenvalue weighted by molar-refractivity contribution is -0.384. The molecule has 8 heteroatoms. The lowest BCUT2D eigenvalue weighted by Gasteiger charge is -2.28. The van der Waals surface area contributed by atoms with Crippen LogP contribution in [0.3, 0.4) is 0 Å². The van der Waals surface area contributed by atoms with Crippen LogP contribution in [-0.2, 0) is 6.18 Å². The van der Waals surface area contributed by atoms with Crippen LogP contribution in [0.5, 0.6) is 0 Å². The minimum Gasteiger partial charge on any atom is -0.376 e. The van der Waals surface area contributed by atoms with Crippen LogP contribution in [0, 0.1) is 15.5 Å². The second-order valence-corrected chi connectivity index (χ2v) is 5.92. The van der Waals surface area contributed by atoms with Crippen molar-refractivity contribution in [1.82, 2.24) is 4.98 Å². The first-order valence-electron chi connectivity index (χ1n) is 6.59. The third-order valence-electron chi connectivity index (χ3n) is 3.96. The van der Waals surface area contributed by atoms with Gasteiger partial charge in [-0.2, -0.15) is 13.2 Å². The Hall–Kier alpha value is -1.86. The van der Waals surface area contributed by atoms with Crippen LogP contribution in [0.1, 0.15) is 38.8 Å². The largest absolute Gasteiger partial charge is 0.433 e. The highest BCUT2D eigenvalue weighted by Crippen LogP contribution is 2.41. The maximum absolute atomic E-state index is 12.7. The minimum atomic E-state index is -4.63. The number of aromatic nitrogens is 1. The Balaban J connectivity index is 2.37. The summed E-state index contributed by atoms with van der Waals surface area (Å²) in [5, 5.41) is 13.9. The summed E-state index contributed by atoms with van der Waals surface area (Å²) in [6.45, 7) is 3.99. The highest BCUT2D eigenvalue weighted by Gasteiger charge is 2.38. The fourth-order valence-electron chi connectivity index (χ4n) is 2.65. The number of hydrogen-bond acceptors (Lipinski definition) is 4. The normalized spacial score (nSPS) is 21.3. The van der Waals surface area contributed by atoms with E-state index >= 15 is 0 Å².